The number of rotatable bonds is 4. The van der Waals surface area contributed by atoms with Gasteiger partial charge in [0.15, 0.2) is 5.15 Å². The van der Waals surface area contributed by atoms with E-state index in [1.807, 2.05) is 0 Å². The van der Waals surface area contributed by atoms with E-state index in [-0.39, 0.29) is 11.9 Å². The zero-order chi connectivity index (χ0) is 12.1. The molecule has 0 bridgehead atoms. The van der Waals surface area contributed by atoms with Crippen molar-refractivity contribution in [2.75, 3.05) is 0 Å². The molecule has 1 aromatic heterocycles. The molecule has 0 fully saturated rings. The molecule has 0 spiro atoms. The number of amides is 1. The number of carbonyl (C=O) groups excluding carboxylic acids is 1. The first-order valence-electron chi connectivity index (χ1n) is 5.81. The molecule has 1 aliphatic rings. The average Bonchev–Trinajstić information content (AvgIpc) is 2.74. The Hall–Kier alpha value is -1.29. The van der Waals surface area contributed by atoms with Gasteiger partial charge in [-0.3, -0.25) is 4.79 Å². The third-order valence-corrected chi connectivity index (χ3v) is 2.91. The van der Waals surface area contributed by atoms with Gasteiger partial charge >= 0.3 is 0 Å². The largest absolute Gasteiger partial charge is 0.360 e. The molecule has 1 aromatic rings. The molecule has 1 aliphatic carbocycles. The van der Waals surface area contributed by atoms with Crippen molar-refractivity contribution in [2.24, 2.45) is 0 Å². The van der Waals surface area contributed by atoms with Crippen LogP contribution >= 0.6 is 11.6 Å². The van der Waals surface area contributed by atoms with Gasteiger partial charge in [-0.1, -0.05) is 28.9 Å². The second-order valence-corrected chi connectivity index (χ2v) is 4.54. The number of hydrogen-bond donors (Lipinski definition) is 1. The predicted octanol–water partition coefficient (Wildman–Crippen LogP) is 2.49. The SMILES string of the molecule is O=C(CCc1cc(Cl)no1)NC1C=CCCC1. The van der Waals surface area contributed by atoms with Crippen LogP contribution in [0, 0.1) is 0 Å². The van der Waals surface area contributed by atoms with Crippen LogP contribution in [0.3, 0.4) is 0 Å². The van der Waals surface area contributed by atoms with Gasteiger partial charge in [-0.15, -0.1) is 0 Å². The second-order valence-electron chi connectivity index (χ2n) is 4.15. The summed E-state index contributed by atoms with van der Waals surface area (Å²) < 4.78 is 4.93. The average molecular weight is 255 g/mol. The Morgan fingerprint density at radius 3 is 3.18 bits per heavy atom. The molecule has 0 saturated carbocycles. The fourth-order valence-corrected chi connectivity index (χ4v) is 2.01. The molecule has 0 radical (unpaired) electrons. The Labute approximate surface area is 105 Å². The maximum absolute atomic E-state index is 11.7. The standard InChI is InChI=1S/C12H15ClN2O2/c13-11-8-10(17-15-11)6-7-12(16)14-9-4-2-1-3-5-9/h2,4,8-9H,1,3,5-7H2,(H,14,16). The Bertz CT molecular complexity index is 414. The van der Waals surface area contributed by atoms with Gasteiger partial charge in [0.05, 0.1) is 0 Å². The normalized spacial score (nSPS) is 19.2. The Morgan fingerprint density at radius 2 is 2.53 bits per heavy atom. The lowest BCUT2D eigenvalue weighted by Crippen LogP contribution is -2.34. The third kappa shape index (κ3) is 3.89. The van der Waals surface area contributed by atoms with Crippen LogP contribution in [0.1, 0.15) is 31.4 Å². The van der Waals surface area contributed by atoms with Gasteiger partial charge in [0, 0.05) is 24.9 Å². The van der Waals surface area contributed by atoms with E-state index in [1.54, 1.807) is 6.07 Å². The molecule has 0 aliphatic heterocycles. The molecular weight excluding hydrogens is 240 g/mol. The summed E-state index contributed by atoms with van der Waals surface area (Å²) in [6, 6.07) is 1.82. The van der Waals surface area contributed by atoms with Crippen molar-refractivity contribution in [3.05, 3.63) is 29.1 Å². The van der Waals surface area contributed by atoms with Crippen molar-refractivity contribution < 1.29 is 9.32 Å². The van der Waals surface area contributed by atoms with E-state index in [1.165, 1.54) is 0 Å². The van der Waals surface area contributed by atoms with Gasteiger partial charge in [0.25, 0.3) is 0 Å². The molecule has 2 rings (SSSR count). The minimum atomic E-state index is 0.0362. The first kappa shape index (κ1) is 12.2. The van der Waals surface area contributed by atoms with Crippen LogP contribution in [0.25, 0.3) is 0 Å². The highest BCUT2D eigenvalue weighted by Gasteiger charge is 2.12. The molecule has 0 saturated heterocycles. The molecule has 1 unspecified atom stereocenters. The number of carbonyl (C=O) groups is 1. The quantitative estimate of drug-likeness (QED) is 0.840. The molecule has 1 atom stereocenters. The zero-order valence-corrected chi connectivity index (χ0v) is 10.2. The molecule has 92 valence electrons. The number of halogens is 1. The summed E-state index contributed by atoms with van der Waals surface area (Å²) in [5.41, 5.74) is 0. The summed E-state index contributed by atoms with van der Waals surface area (Å²) in [6.07, 6.45) is 8.38. The topological polar surface area (TPSA) is 55.1 Å². The summed E-state index contributed by atoms with van der Waals surface area (Å²) in [7, 11) is 0. The fourth-order valence-electron chi connectivity index (χ4n) is 1.85. The van der Waals surface area contributed by atoms with E-state index >= 15 is 0 Å². The maximum atomic E-state index is 11.7. The van der Waals surface area contributed by atoms with E-state index in [9.17, 15) is 4.79 Å². The number of nitrogens with one attached hydrogen (secondary N) is 1. The molecule has 1 N–H and O–H groups in total. The van der Waals surface area contributed by atoms with Gasteiger partial charge in [-0.25, -0.2) is 0 Å². The number of aromatic nitrogens is 1. The van der Waals surface area contributed by atoms with Crippen LogP contribution in [0.4, 0.5) is 0 Å². The van der Waals surface area contributed by atoms with Crippen molar-refractivity contribution in [3.8, 4) is 0 Å². The smallest absolute Gasteiger partial charge is 0.220 e. The molecule has 1 amide bonds. The first-order valence-corrected chi connectivity index (χ1v) is 6.19. The number of hydrogen-bond acceptors (Lipinski definition) is 3. The highest BCUT2D eigenvalue weighted by Crippen LogP contribution is 2.12. The maximum Gasteiger partial charge on any atom is 0.220 e. The van der Waals surface area contributed by atoms with Crippen molar-refractivity contribution in [3.63, 3.8) is 0 Å². The highest BCUT2D eigenvalue weighted by atomic mass is 35.5. The third-order valence-electron chi connectivity index (χ3n) is 2.73. The lowest BCUT2D eigenvalue weighted by atomic mass is 10.0. The summed E-state index contributed by atoms with van der Waals surface area (Å²) in [6.45, 7) is 0. The summed E-state index contributed by atoms with van der Waals surface area (Å²) in [5, 5.41) is 6.86. The molecule has 4 nitrogen and oxygen atoms in total. The van der Waals surface area contributed by atoms with Crippen LogP contribution in [0.15, 0.2) is 22.7 Å². The molecule has 17 heavy (non-hydrogen) atoms. The summed E-state index contributed by atoms with van der Waals surface area (Å²) >= 11 is 5.62. The lowest BCUT2D eigenvalue weighted by molar-refractivity contribution is -0.121. The van der Waals surface area contributed by atoms with Crippen molar-refractivity contribution in [1.29, 1.82) is 0 Å². The molecular formula is C12H15ClN2O2. The van der Waals surface area contributed by atoms with Crippen molar-refractivity contribution >= 4 is 17.5 Å². The number of nitrogens with zero attached hydrogens (tertiary/aromatic N) is 1. The van der Waals surface area contributed by atoms with Gasteiger partial charge < -0.3 is 9.84 Å². The van der Waals surface area contributed by atoms with Crippen molar-refractivity contribution in [2.45, 2.75) is 38.1 Å². The molecule has 1 heterocycles. The highest BCUT2D eigenvalue weighted by molar-refractivity contribution is 6.29. The fraction of sp³-hybridized carbons (Fsp3) is 0.500. The van der Waals surface area contributed by atoms with Gasteiger partial charge in [-0.2, -0.15) is 0 Å². The second kappa shape index (κ2) is 5.87. The van der Waals surface area contributed by atoms with Crippen molar-refractivity contribution in [1.82, 2.24) is 10.5 Å². The van der Waals surface area contributed by atoms with Crippen LogP contribution in [0.2, 0.25) is 5.15 Å². The molecule has 5 heteroatoms. The molecule has 0 aromatic carbocycles. The number of allylic oxidation sites excluding steroid dienone is 1. The van der Waals surface area contributed by atoms with Gasteiger partial charge in [-0.05, 0) is 19.3 Å². The van der Waals surface area contributed by atoms with Crippen LogP contribution in [-0.4, -0.2) is 17.1 Å². The van der Waals surface area contributed by atoms with E-state index in [2.05, 4.69) is 22.6 Å². The predicted molar refractivity (Wildman–Crippen MR) is 64.8 cm³/mol. The van der Waals surface area contributed by atoms with Crippen LogP contribution in [-0.2, 0) is 11.2 Å². The Balaban J connectivity index is 1.73. The zero-order valence-electron chi connectivity index (χ0n) is 9.49. The lowest BCUT2D eigenvalue weighted by Gasteiger charge is -2.17. The number of aryl methyl sites for hydroxylation is 1. The monoisotopic (exact) mass is 254 g/mol. The van der Waals surface area contributed by atoms with Crippen LogP contribution in [0.5, 0.6) is 0 Å². The minimum Gasteiger partial charge on any atom is -0.360 e. The first-order chi connectivity index (χ1) is 8.24. The Morgan fingerprint density at radius 1 is 1.65 bits per heavy atom. The Kier molecular flexibility index (Phi) is 4.20. The van der Waals surface area contributed by atoms with Crippen LogP contribution < -0.4 is 5.32 Å². The van der Waals surface area contributed by atoms with Gasteiger partial charge in [0.2, 0.25) is 5.91 Å². The van der Waals surface area contributed by atoms with Gasteiger partial charge in [0.1, 0.15) is 5.76 Å². The van der Waals surface area contributed by atoms with E-state index < -0.39 is 0 Å². The van der Waals surface area contributed by atoms with E-state index in [0.29, 0.717) is 23.8 Å². The summed E-state index contributed by atoms with van der Waals surface area (Å²) in [5.74, 6) is 0.679. The van der Waals surface area contributed by atoms with E-state index in [4.69, 9.17) is 16.1 Å². The minimum absolute atomic E-state index is 0.0362. The summed E-state index contributed by atoms with van der Waals surface area (Å²) in [4.78, 5) is 11.7. The van der Waals surface area contributed by atoms with E-state index in [0.717, 1.165) is 19.3 Å².